The van der Waals surface area contributed by atoms with E-state index >= 15 is 0 Å². The smallest absolute Gasteiger partial charge is 0.240 e. The van der Waals surface area contributed by atoms with Gasteiger partial charge < -0.3 is 10.2 Å². The number of piperidine rings is 1. The van der Waals surface area contributed by atoms with Crippen molar-refractivity contribution in [3.8, 4) is 0 Å². The molecule has 1 amide bonds. The van der Waals surface area contributed by atoms with Crippen LogP contribution in [-0.2, 0) is 11.2 Å². The average Bonchev–Trinajstić information content (AvgIpc) is 3.40. The second-order valence-corrected chi connectivity index (χ2v) is 8.22. The van der Waals surface area contributed by atoms with Gasteiger partial charge in [0.1, 0.15) is 0 Å². The Morgan fingerprint density at radius 2 is 2.00 bits per heavy atom. The Morgan fingerprint density at radius 3 is 2.79 bits per heavy atom. The predicted octanol–water partition coefficient (Wildman–Crippen LogP) is 3.15. The van der Waals surface area contributed by atoms with Gasteiger partial charge in [-0.05, 0) is 72.6 Å². The molecule has 2 fully saturated rings. The van der Waals surface area contributed by atoms with Crippen molar-refractivity contribution >= 4 is 11.5 Å². The zero-order valence-corrected chi connectivity index (χ0v) is 14.3. The van der Waals surface area contributed by atoms with Crippen LogP contribution in [0.3, 0.4) is 0 Å². The van der Waals surface area contributed by atoms with Crippen molar-refractivity contribution in [3.05, 3.63) is 41.0 Å². The van der Waals surface area contributed by atoms with Gasteiger partial charge in [0, 0.05) is 19.6 Å². The number of nitrogens with one attached hydrogen (secondary N) is 1. The fraction of sp³-hybridized carbons (Fsp3) is 0.571. The molecular formula is C21H26N2O. The van der Waals surface area contributed by atoms with Crippen molar-refractivity contribution in [2.24, 2.45) is 5.41 Å². The highest BCUT2D eigenvalue weighted by atomic mass is 16.2. The van der Waals surface area contributed by atoms with Crippen molar-refractivity contribution in [2.75, 3.05) is 19.6 Å². The molecule has 1 aromatic carbocycles. The van der Waals surface area contributed by atoms with Crippen LogP contribution < -0.4 is 5.32 Å². The lowest BCUT2D eigenvalue weighted by atomic mass is 9.82. The van der Waals surface area contributed by atoms with Crippen LogP contribution in [0.2, 0.25) is 0 Å². The van der Waals surface area contributed by atoms with E-state index in [1.54, 1.807) is 0 Å². The lowest BCUT2D eigenvalue weighted by molar-refractivity contribution is -0.134. The largest absolute Gasteiger partial charge is 0.337 e. The number of rotatable bonds is 1. The molecule has 0 radical (unpaired) electrons. The first-order valence-corrected chi connectivity index (χ1v) is 9.56. The van der Waals surface area contributed by atoms with E-state index < -0.39 is 0 Å². The second-order valence-electron chi connectivity index (χ2n) is 8.22. The Kier molecular flexibility index (Phi) is 3.34. The minimum Gasteiger partial charge on any atom is -0.337 e. The van der Waals surface area contributed by atoms with Gasteiger partial charge in [-0.1, -0.05) is 24.3 Å². The van der Waals surface area contributed by atoms with Crippen LogP contribution in [-0.4, -0.2) is 36.5 Å². The maximum Gasteiger partial charge on any atom is 0.240 e. The molecule has 24 heavy (non-hydrogen) atoms. The van der Waals surface area contributed by atoms with E-state index in [9.17, 15) is 4.79 Å². The fourth-order valence-corrected chi connectivity index (χ4v) is 4.91. The number of carbonyl (C=O) groups excluding carboxylic acids is 1. The van der Waals surface area contributed by atoms with E-state index in [1.807, 2.05) is 0 Å². The highest BCUT2D eigenvalue weighted by molar-refractivity contribution is 5.84. The van der Waals surface area contributed by atoms with E-state index in [4.69, 9.17) is 0 Å². The summed E-state index contributed by atoms with van der Waals surface area (Å²) in [4.78, 5) is 15.1. The minimum atomic E-state index is 0.0641. The third-order valence-corrected chi connectivity index (χ3v) is 6.73. The molecule has 4 aliphatic rings. The molecule has 1 N–H and O–H groups in total. The quantitative estimate of drug-likeness (QED) is 0.861. The number of nitrogens with zero attached hydrogens (tertiary/aromatic N) is 1. The first-order valence-electron chi connectivity index (χ1n) is 9.56. The summed E-state index contributed by atoms with van der Waals surface area (Å²) < 4.78 is 0. The number of aryl methyl sites for hydroxylation is 1. The third kappa shape index (κ3) is 2.41. The fourth-order valence-electron chi connectivity index (χ4n) is 4.91. The lowest BCUT2D eigenvalue weighted by Crippen LogP contribution is -2.52. The summed E-state index contributed by atoms with van der Waals surface area (Å²) in [6.07, 6.45) is 8.27. The lowest BCUT2D eigenvalue weighted by Gasteiger charge is -2.38. The molecule has 2 aliphatic carbocycles. The van der Waals surface area contributed by atoms with Gasteiger partial charge in [-0.3, -0.25) is 4.79 Å². The van der Waals surface area contributed by atoms with Crippen LogP contribution in [0.4, 0.5) is 0 Å². The average molecular weight is 322 g/mol. The summed E-state index contributed by atoms with van der Waals surface area (Å²) in [5.74, 6) is 0.343. The van der Waals surface area contributed by atoms with Crippen LogP contribution in [0, 0.1) is 5.41 Å². The van der Waals surface area contributed by atoms with E-state index in [-0.39, 0.29) is 6.04 Å². The first kappa shape index (κ1) is 14.7. The maximum atomic E-state index is 12.9. The van der Waals surface area contributed by atoms with Crippen LogP contribution in [0.5, 0.6) is 0 Å². The van der Waals surface area contributed by atoms with Crippen molar-refractivity contribution in [1.29, 1.82) is 0 Å². The summed E-state index contributed by atoms with van der Waals surface area (Å²) in [6, 6.07) is 8.88. The van der Waals surface area contributed by atoms with Crippen LogP contribution in [0.1, 0.15) is 49.7 Å². The second kappa shape index (κ2) is 5.45. The van der Waals surface area contributed by atoms with Crippen molar-refractivity contribution in [2.45, 2.75) is 51.0 Å². The van der Waals surface area contributed by atoms with Crippen molar-refractivity contribution in [1.82, 2.24) is 10.2 Å². The van der Waals surface area contributed by atoms with Crippen molar-refractivity contribution in [3.63, 3.8) is 0 Å². The predicted molar refractivity (Wildman–Crippen MR) is 95.6 cm³/mol. The topological polar surface area (TPSA) is 32.3 Å². The zero-order valence-electron chi connectivity index (χ0n) is 14.3. The molecule has 126 valence electrons. The Labute approximate surface area is 144 Å². The standard InChI is InChI=1S/C21H26N2O/c24-20(19-7-9-21(10-11-21)14-22-19)23-12-8-18-16(13-23)6-5-15-3-1-2-4-17(15)18/h1-4,19,22H,5-14H2. The van der Waals surface area contributed by atoms with Gasteiger partial charge in [-0.2, -0.15) is 0 Å². The van der Waals surface area contributed by atoms with E-state index in [2.05, 4.69) is 34.5 Å². The number of fused-ring (bicyclic) bond motifs is 2. The first-order chi connectivity index (χ1) is 11.7. The molecule has 0 aromatic heterocycles. The highest BCUT2D eigenvalue weighted by Gasteiger charge is 2.46. The minimum absolute atomic E-state index is 0.0641. The number of benzene rings is 1. The van der Waals surface area contributed by atoms with Crippen molar-refractivity contribution < 1.29 is 4.79 Å². The normalized spacial score (nSPS) is 27.7. The van der Waals surface area contributed by atoms with E-state index in [1.165, 1.54) is 41.5 Å². The van der Waals surface area contributed by atoms with Crippen LogP contribution in [0.15, 0.2) is 29.8 Å². The molecule has 5 rings (SSSR count). The molecule has 1 saturated heterocycles. The monoisotopic (exact) mass is 322 g/mol. The van der Waals surface area contributed by atoms with Gasteiger partial charge >= 0.3 is 0 Å². The third-order valence-electron chi connectivity index (χ3n) is 6.73. The molecule has 1 aromatic rings. The molecule has 1 atom stereocenters. The van der Waals surface area contributed by atoms with Gasteiger partial charge in [-0.25, -0.2) is 0 Å². The van der Waals surface area contributed by atoms with Gasteiger partial charge in [-0.15, -0.1) is 0 Å². The van der Waals surface area contributed by atoms with Gasteiger partial charge in [0.15, 0.2) is 0 Å². The van der Waals surface area contributed by atoms with Crippen LogP contribution in [0.25, 0.3) is 5.57 Å². The zero-order chi connectivity index (χ0) is 16.1. The highest BCUT2D eigenvalue weighted by Crippen LogP contribution is 2.51. The molecular weight excluding hydrogens is 296 g/mol. The molecule has 2 heterocycles. The van der Waals surface area contributed by atoms with Gasteiger partial charge in [0.2, 0.25) is 5.91 Å². The molecule has 1 saturated carbocycles. The number of hydrogen-bond acceptors (Lipinski definition) is 2. The number of hydrogen-bond donors (Lipinski definition) is 1. The molecule has 3 heteroatoms. The molecule has 1 unspecified atom stereocenters. The molecule has 0 bridgehead atoms. The summed E-state index contributed by atoms with van der Waals surface area (Å²) >= 11 is 0. The molecule has 3 nitrogen and oxygen atoms in total. The number of carbonyl (C=O) groups is 1. The Bertz CT molecular complexity index is 706. The van der Waals surface area contributed by atoms with Crippen LogP contribution >= 0.6 is 0 Å². The maximum absolute atomic E-state index is 12.9. The SMILES string of the molecule is O=C(C1CCC2(CC2)CN1)N1CCC2=C(CCc3ccccc32)C1. The Hall–Kier alpha value is -1.61. The summed E-state index contributed by atoms with van der Waals surface area (Å²) in [6.45, 7) is 2.79. The van der Waals surface area contributed by atoms with E-state index in [0.29, 0.717) is 11.3 Å². The van der Waals surface area contributed by atoms with E-state index in [0.717, 1.165) is 45.3 Å². The summed E-state index contributed by atoms with van der Waals surface area (Å²) in [5.41, 5.74) is 6.52. The number of amides is 1. The molecule has 2 aliphatic heterocycles. The Balaban J connectivity index is 1.31. The molecule has 1 spiro atoms. The summed E-state index contributed by atoms with van der Waals surface area (Å²) in [5, 5.41) is 3.55. The van der Waals surface area contributed by atoms with Gasteiger partial charge in [0.05, 0.1) is 6.04 Å². The van der Waals surface area contributed by atoms with Gasteiger partial charge in [0.25, 0.3) is 0 Å². The summed E-state index contributed by atoms with van der Waals surface area (Å²) in [7, 11) is 0. The Morgan fingerprint density at radius 1 is 1.12 bits per heavy atom.